The van der Waals surface area contributed by atoms with Crippen LogP contribution in [0.1, 0.15) is 18.1 Å². The number of amidine groups is 1. The van der Waals surface area contributed by atoms with Gasteiger partial charge in [-0.3, -0.25) is 0 Å². The predicted molar refractivity (Wildman–Crippen MR) is 120 cm³/mol. The number of benzene rings is 2. The van der Waals surface area contributed by atoms with Crippen molar-refractivity contribution >= 4 is 45.0 Å². The van der Waals surface area contributed by atoms with Crippen LogP contribution in [0.25, 0.3) is 0 Å². The minimum absolute atomic E-state index is 0.212. The number of hydrogen-bond donors (Lipinski definition) is 1. The molecule has 0 atom stereocenters. The van der Waals surface area contributed by atoms with Gasteiger partial charge >= 0.3 is 5.97 Å². The van der Waals surface area contributed by atoms with E-state index < -0.39 is 5.97 Å². The van der Waals surface area contributed by atoms with Crippen molar-refractivity contribution in [2.24, 2.45) is 15.9 Å². The number of carbonyl (C=O) groups excluding carboxylic acids is 1. The molecule has 2 N–H and O–H groups in total. The van der Waals surface area contributed by atoms with E-state index >= 15 is 0 Å². The molecule has 0 unspecified atom stereocenters. The van der Waals surface area contributed by atoms with E-state index in [1.807, 2.05) is 37.3 Å². The highest BCUT2D eigenvalue weighted by molar-refractivity contribution is 9.10. The van der Waals surface area contributed by atoms with Crippen LogP contribution >= 0.6 is 27.7 Å². The zero-order chi connectivity index (χ0) is 21.1. The standard InChI is InChI=1S/C20H22BrN3O4S/c1-3-27-17-9-15(16(21)10-18(17)28-12-19(25)26-2)11-23-24-20(22)29-13-14-7-5-4-6-8-14/h4-11H,3,12-13H2,1-2H3,(H2,22,24). The van der Waals surface area contributed by atoms with Crippen molar-refractivity contribution in [3.63, 3.8) is 0 Å². The van der Waals surface area contributed by atoms with Crippen LogP contribution in [0.5, 0.6) is 11.5 Å². The molecule has 2 aromatic carbocycles. The van der Waals surface area contributed by atoms with Gasteiger partial charge in [-0.25, -0.2) is 4.79 Å². The third-order valence-corrected chi connectivity index (χ3v) is 5.06. The number of hydrogen-bond acceptors (Lipinski definition) is 7. The van der Waals surface area contributed by atoms with E-state index in [1.165, 1.54) is 18.9 Å². The van der Waals surface area contributed by atoms with Gasteiger partial charge in [-0.1, -0.05) is 42.1 Å². The summed E-state index contributed by atoms with van der Waals surface area (Å²) in [5.41, 5.74) is 7.79. The largest absolute Gasteiger partial charge is 0.490 e. The number of halogens is 1. The molecule has 0 aliphatic rings. The molecule has 0 amide bonds. The second-order valence-electron chi connectivity index (χ2n) is 5.58. The summed E-state index contributed by atoms with van der Waals surface area (Å²) in [6, 6.07) is 13.4. The summed E-state index contributed by atoms with van der Waals surface area (Å²) >= 11 is 4.86. The van der Waals surface area contributed by atoms with Crippen LogP contribution in [0, 0.1) is 0 Å². The zero-order valence-electron chi connectivity index (χ0n) is 16.1. The fourth-order valence-corrected chi connectivity index (χ4v) is 3.17. The van der Waals surface area contributed by atoms with E-state index in [9.17, 15) is 4.79 Å². The van der Waals surface area contributed by atoms with Gasteiger partial charge in [0, 0.05) is 15.8 Å². The summed E-state index contributed by atoms with van der Waals surface area (Å²) in [6.45, 7) is 2.08. The monoisotopic (exact) mass is 479 g/mol. The third kappa shape index (κ3) is 7.78. The van der Waals surface area contributed by atoms with Gasteiger partial charge in [0.15, 0.2) is 23.3 Å². The molecule has 0 bridgehead atoms. The summed E-state index contributed by atoms with van der Waals surface area (Å²) in [4.78, 5) is 11.3. The van der Waals surface area contributed by atoms with Crippen molar-refractivity contribution in [2.45, 2.75) is 12.7 Å². The van der Waals surface area contributed by atoms with E-state index in [2.05, 4.69) is 30.9 Å². The number of thioether (sulfide) groups is 1. The summed E-state index contributed by atoms with van der Waals surface area (Å²) in [5.74, 6) is 1.14. The number of nitrogens with zero attached hydrogens (tertiary/aromatic N) is 2. The highest BCUT2D eigenvalue weighted by atomic mass is 79.9. The number of rotatable bonds is 9. The molecule has 0 aliphatic carbocycles. The smallest absolute Gasteiger partial charge is 0.343 e. The first-order valence-corrected chi connectivity index (χ1v) is 10.5. The van der Waals surface area contributed by atoms with Crippen LogP contribution in [-0.4, -0.2) is 37.7 Å². The average molecular weight is 480 g/mol. The number of nitrogens with two attached hydrogens (primary N) is 1. The van der Waals surface area contributed by atoms with Crippen LogP contribution in [0.4, 0.5) is 0 Å². The van der Waals surface area contributed by atoms with Gasteiger partial charge in [0.1, 0.15) is 0 Å². The Morgan fingerprint density at radius 3 is 2.62 bits per heavy atom. The van der Waals surface area contributed by atoms with Gasteiger partial charge in [-0.05, 0) is 40.5 Å². The van der Waals surface area contributed by atoms with E-state index in [-0.39, 0.29) is 6.61 Å². The Hall–Kier alpha value is -2.52. The number of methoxy groups -OCH3 is 1. The molecule has 0 radical (unpaired) electrons. The van der Waals surface area contributed by atoms with Crippen LogP contribution < -0.4 is 15.2 Å². The lowest BCUT2D eigenvalue weighted by Gasteiger charge is -2.13. The highest BCUT2D eigenvalue weighted by Crippen LogP contribution is 2.33. The Morgan fingerprint density at radius 1 is 1.21 bits per heavy atom. The second-order valence-corrected chi connectivity index (χ2v) is 7.43. The molecule has 2 aromatic rings. The fraction of sp³-hybridized carbons (Fsp3) is 0.250. The summed E-state index contributed by atoms with van der Waals surface area (Å²) in [6.07, 6.45) is 1.56. The molecule has 0 spiro atoms. The predicted octanol–water partition coefficient (Wildman–Crippen LogP) is 3.98. The van der Waals surface area contributed by atoms with Gasteiger partial charge < -0.3 is 19.9 Å². The molecule has 0 fully saturated rings. The third-order valence-electron chi connectivity index (χ3n) is 3.52. The molecule has 0 saturated heterocycles. The topological polar surface area (TPSA) is 95.5 Å². The molecular weight excluding hydrogens is 458 g/mol. The summed E-state index contributed by atoms with van der Waals surface area (Å²) in [7, 11) is 1.30. The molecule has 0 saturated carbocycles. The number of carbonyl (C=O) groups is 1. The maximum Gasteiger partial charge on any atom is 0.343 e. The van der Waals surface area contributed by atoms with E-state index in [0.717, 1.165) is 16.9 Å². The quantitative estimate of drug-likeness (QED) is 0.253. The lowest BCUT2D eigenvalue weighted by Crippen LogP contribution is -2.13. The minimum atomic E-state index is -0.480. The Balaban J connectivity index is 2.06. The molecule has 9 heteroatoms. The van der Waals surface area contributed by atoms with Crippen molar-refractivity contribution in [3.8, 4) is 11.5 Å². The number of ether oxygens (including phenoxy) is 3. The first kappa shape index (κ1) is 22.8. The molecule has 0 heterocycles. The van der Waals surface area contributed by atoms with Gasteiger partial charge in [0.2, 0.25) is 0 Å². The maximum atomic E-state index is 11.3. The summed E-state index contributed by atoms with van der Waals surface area (Å²) < 4.78 is 16.3. The van der Waals surface area contributed by atoms with Crippen molar-refractivity contribution in [1.82, 2.24) is 0 Å². The van der Waals surface area contributed by atoms with Crippen molar-refractivity contribution in [3.05, 3.63) is 58.1 Å². The Labute approximate surface area is 182 Å². The zero-order valence-corrected chi connectivity index (χ0v) is 18.5. The molecule has 154 valence electrons. The van der Waals surface area contributed by atoms with Crippen molar-refractivity contribution in [2.75, 3.05) is 20.3 Å². The molecule has 0 aromatic heterocycles. The first-order chi connectivity index (χ1) is 14.0. The van der Waals surface area contributed by atoms with Crippen molar-refractivity contribution in [1.29, 1.82) is 0 Å². The number of esters is 1. The molecule has 29 heavy (non-hydrogen) atoms. The van der Waals surface area contributed by atoms with Crippen LogP contribution in [0.2, 0.25) is 0 Å². The molecule has 0 aliphatic heterocycles. The van der Waals surface area contributed by atoms with Gasteiger partial charge in [0.25, 0.3) is 0 Å². The molecule has 2 rings (SSSR count). The lowest BCUT2D eigenvalue weighted by atomic mass is 10.2. The second kappa shape index (κ2) is 12.1. The fourth-order valence-electron chi connectivity index (χ4n) is 2.13. The molecule has 7 nitrogen and oxygen atoms in total. The minimum Gasteiger partial charge on any atom is -0.490 e. The first-order valence-electron chi connectivity index (χ1n) is 8.72. The average Bonchev–Trinajstić information content (AvgIpc) is 2.73. The lowest BCUT2D eigenvalue weighted by molar-refractivity contribution is -0.142. The maximum absolute atomic E-state index is 11.3. The van der Waals surface area contributed by atoms with Crippen LogP contribution in [0.3, 0.4) is 0 Å². The van der Waals surface area contributed by atoms with E-state index in [4.69, 9.17) is 15.2 Å². The SMILES string of the molecule is CCOc1cc(C=NN=C(N)SCc2ccccc2)c(Br)cc1OCC(=O)OC. The Bertz CT molecular complexity index is 876. The van der Waals surface area contributed by atoms with Crippen LogP contribution in [0.15, 0.2) is 57.1 Å². The highest BCUT2D eigenvalue weighted by Gasteiger charge is 2.12. The molecular formula is C20H22BrN3O4S. The Kier molecular flexibility index (Phi) is 9.52. The van der Waals surface area contributed by atoms with Gasteiger partial charge in [-0.2, -0.15) is 5.10 Å². The van der Waals surface area contributed by atoms with Gasteiger partial charge in [0.05, 0.1) is 19.9 Å². The van der Waals surface area contributed by atoms with Crippen molar-refractivity contribution < 1.29 is 19.0 Å². The summed E-state index contributed by atoms with van der Waals surface area (Å²) in [5, 5.41) is 8.43. The van der Waals surface area contributed by atoms with E-state index in [1.54, 1.807) is 18.3 Å². The van der Waals surface area contributed by atoms with E-state index in [0.29, 0.717) is 27.7 Å². The normalized spacial score (nSPS) is 11.5. The Morgan fingerprint density at radius 2 is 1.93 bits per heavy atom. The van der Waals surface area contributed by atoms with Gasteiger partial charge in [-0.15, -0.1) is 5.10 Å². The van der Waals surface area contributed by atoms with Crippen LogP contribution in [-0.2, 0) is 15.3 Å².